The van der Waals surface area contributed by atoms with Crippen LogP contribution in [0, 0.1) is 0 Å². The molecule has 0 amide bonds. The maximum Gasteiger partial charge on any atom is 0.0584 e. The van der Waals surface area contributed by atoms with Gasteiger partial charge < -0.3 is 10.0 Å². The standard InChI is InChI=1S/C14H23NO/c1-13(12-16)15(2)11-7-6-10-14-8-4-3-5-9-14/h3-5,8-9,13,16H,6-7,10-12H2,1-2H3. The Morgan fingerprint density at radius 2 is 1.88 bits per heavy atom. The van der Waals surface area contributed by atoms with Crippen molar-refractivity contribution in [3.63, 3.8) is 0 Å². The van der Waals surface area contributed by atoms with Gasteiger partial charge in [0.05, 0.1) is 6.61 Å². The van der Waals surface area contributed by atoms with Crippen molar-refractivity contribution >= 4 is 0 Å². The van der Waals surface area contributed by atoms with E-state index in [1.165, 1.54) is 18.4 Å². The Kier molecular flexibility index (Phi) is 6.12. The molecule has 1 atom stereocenters. The Bertz CT molecular complexity index is 273. The zero-order valence-corrected chi connectivity index (χ0v) is 10.4. The molecule has 0 radical (unpaired) electrons. The Labute approximate surface area is 98.9 Å². The van der Waals surface area contributed by atoms with Gasteiger partial charge in [0.15, 0.2) is 0 Å². The van der Waals surface area contributed by atoms with E-state index >= 15 is 0 Å². The summed E-state index contributed by atoms with van der Waals surface area (Å²) in [5, 5.41) is 9.00. The lowest BCUT2D eigenvalue weighted by Gasteiger charge is -2.22. The summed E-state index contributed by atoms with van der Waals surface area (Å²) in [4.78, 5) is 2.21. The zero-order chi connectivity index (χ0) is 11.8. The largest absolute Gasteiger partial charge is 0.395 e. The van der Waals surface area contributed by atoms with Gasteiger partial charge in [0.2, 0.25) is 0 Å². The van der Waals surface area contributed by atoms with Crippen LogP contribution in [0.2, 0.25) is 0 Å². The number of aryl methyl sites for hydroxylation is 1. The Hall–Kier alpha value is -0.860. The first kappa shape index (κ1) is 13.2. The second-order valence-corrected chi connectivity index (χ2v) is 4.45. The van der Waals surface area contributed by atoms with Gasteiger partial charge in [-0.25, -0.2) is 0 Å². The number of likely N-dealkylation sites (N-methyl/N-ethyl adjacent to an activating group) is 1. The van der Waals surface area contributed by atoms with Gasteiger partial charge in [-0.1, -0.05) is 30.3 Å². The van der Waals surface area contributed by atoms with Crippen molar-refractivity contribution in [1.82, 2.24) is 4.90 Å². The van der Waals surface area contributed by atoms with Crippen LogP contribution in [0.5, 0.6) is 0 Å². The van der Waals surface area contributed by atoms with Gasteiger partial charge in [0.25, 0.3) is 0 Å². The fraction of sp³-hybridized carbons (Fsp3) is 0.571. The summed E-state index contributed by atoms with van der Waals surface area (Å²) in [6.07, 6.45) is 3.56. The number of hydrogen-bond donors (Lipinski definition) is 1. The highest BCUT2D eigenvalue weighted by Crippen LogP contribution is 2.05. The van der Waals surface area contributed by atoms with E-state index in [0.717, 1.165) is 13.0 Å². The molecule has 0 aliphatic heterocycles. The van der Waals surface area contributed by atoms with Gasteiger partial charge in [0.1, 0.15) is 0 Å². The smallest absolute Gasteiger partial charge is 0.0584 e. The molecule has 0 bridgehead atoms. The maximum atomic E-state index is 9.00. The second kappa shape index (κ2) is 7.42. The van der Waals surface area contributed by atoms with Crippen molar-refractivity contribution in [2.45, 2.75) is 32.2 Å². The fourth-order valence-electron chi connectivity index (χ4n) is 1.69. The Morgan fingerprint density at radius 1 is 1.19 bits per heavy atom. The third kappa shape index (κ3) is 4.77. The first-order chi connectivity index (χ1) is 7.74. The molecule has 16 heavy (non-hydrogen) atoms. The summed E-state index contributed by atoms with van der Waals surface area (Å²) in [5.41, 5.74) is 1.42. The second-order valence-electron chi connectivity index (χ2n) is 4.45. The normalized spacial score (nSPS) is 13.0. The number of aliphatic hydroxyl groups excluding tert-OH is 1. The first-order valence-electron chi connectivity index (χ1n) is 6.09. The number of unbranched alkanes of at least 4 members (excludes halogenated alkanes) is 1. The topological polar surface area (TPSA) is 23.5 Å². The van der Waals surface area contributed by atoms with Crippen LogP contribution in [0.15, 0.2) is 30.3 Å². The minimum absolute atomic E-state index is 0.245. The number of benzene rings is 1. The molecule has 1 aromatic rings. The van der Waals surface area contributed by atoms with E-state index in [2.05, 4.69) is 49.2 Å². The Morgan fingerprint density at radius 3 is 2.50 bits per heavy atom. The average Bonchev–Trinajstić information content (AvgIpc) is 2.34. The summed E-state index contributed by atoms with van der Waals surface area (Å²) >= 11 is 0. The minimum atomic E-state index is 0.245. The van der Waals surface area contributed by atoms with Gasteiger partial charge in [-0.15, -0.1) is 0 Å². The molecule has 0 saturated heterocycles. The molecule has 90 valence electrons. The van der Waals surface area contributed by atoms with Crippen LogP contribution >= 0.6 is 0 Å². The fourth-order valence-corrected chi connectivity index (χ4v) is 1.69. The molecule has 2 nitrogen and oxygen atoms in total. The number of aliphatic hydroxyl groups is 1. The SMILES string of the molecule is CC(CO)N(C)CCCCc1ccccc1. The van der Waals surface area contributed by atoms with Crippen LogP contribution in [-0.4, -0.2) is 36.2 Å². The molecule has 0 spiro atoms. The summed E-state index contributed by atoms with van der Waals surface area (Å²) in [7, 11) is 2.07. The van der Waals surface area contributed by atoms with Crippen molar-refractivity contribution in [3.8, 4) is 0 Å². The lowest BCUT2D eigenvalue weighted by molar-refractivity contribution is 0.157. The van der Waals surface area contributed by atoms with E-state index in [9.17, 15) is 0 Å². The van der Waals surface area contributed by atoms with Gasteiger partial charge in [0, 0.05) is 6.04 Å². The average molecular weight is 221 g/mol. The van der Waals surface area contributed by atoms with Gasteiger partial charge in [-0.05, 0) is 45.3 Å². The highest BCUT2D eigenvalue weighted by atomic mass is 16.3. The third-order valence-electron chi connectivity index (χ3n) is 3.09. The van der Waals surface area contributed by atoms with Crippen molar-refractivity contribution in [1.29, 1.82) is 0 Å². The molecule has 1 rings (SSSR count). The summed E-state index contributed by atoms with van der Waals surface area (Å²) in [6, 6.07) is 10.9. The molecule has 0 heterocycles. The quantitative estimate of drug-likeness (QED) is 0.714. The van der Waals surface area contributed by atoms with Crippen LogP contribution in [0.4, 0.5) is 0 Å². The highest BCUT2D eigenvalue weighted by Gasteiger charge is 2.06. The van der Waals surface area contributed by atoms with Crippen LogP contribution in [0.25, 0.3) is 0 Å². The van der Waals surface area contributed by atoms with E-state index in [0.29, 0.717) is 0 Å². The summed E-state index contributed by atoms with van der Waals surface area (Å²) < 4.78 is 0. The lowest BCUT2D eigenvalue weighted by Crippen LogP contribution is -2.32. The number of nitrogens with zero attached hydrogens (tertiary/aromatic N) is 1. The van der Waals surface area contributed by atoms with Gasteiger partial charge in [-0.3, -0.25) is 0 Å². The molecular formula is C14H23NO. The highest BCUT2D eigenvalue weighted by molar-refractivity contribution is 5.14. The summed E-state index contributed by atoms with van der Waals surface area (Å²) in [6.45, 7) is 3.36. The molecule has 1 N–H and O–H groups in total. The van der Waals surface area contributed by atoms with Crippen LogP contribution in [0.1, 0.15) is 25.3 Å². The van der Waals surface area contributed by atoms with Gasteiger partial charge in [-0.2, -0.15) is 0 Å². The maximum absolute atomic E-state index is 9.00. The lowest BCUT2D eigenvalue weighted by atomic mass is 10.1. The van der Waals surface area contributed by atoms with E-state index in [1.54, 1.807) is 0 Å². The number of rotatable bonds is 7. The monoisotopic (exact) mass is 221 g/mol. The molecule has 2 heteroatoms. The molecule has 1 unspecified atom stereocenters. The van der Waals surface area contributed by atoms with E-state index in [-0.39, 0.29) is 12.6 Å². The zero-order valence-electron chi connectivity index (χ0n) is 10.4. The van der Waals surface area contributed by atoms with Crippen LogP contribution in [0.3, 0.4) is 0 Å². The molecule has 0 aromatic heterocycles. The summed E-state index contributed by atoms with van der Waals surface area (Å²) in [5.74, 6) is 0. The molecule has 1 aromatic carbocycles. The van der Waals surface area contributed by atoms with Crippen LogP contribution in [-0.2, 0) is 6.42 Å². The molecule has 0 aliphatic rings. The molecular weight excluding hydrogens is 198 g/mol. The molecule has 0 fully saturated rings. The van der Waals surface area contributed by atoms with Gasteiger partial charge >= 0.3 is 0 Å². The minimum Gasteiger partial charge on any atom is -0.395 e. The number of hydrogen-bond acceptors (Lipinski definition) is 2. The van der Waals surface area contributed by atoms with E-state index in [1.807, 2.05) is 0 Å². The van der Waals surface area contributed by atoms with Crippen molar-refractivity contribution in [2.24, 2.45) is 0 Å². The predicted molar refractivity (Wildman–Crippen MR) is 68.6 cm³/mol. The molecule has 0 aliphatic carbocycles. The Balaban J connectivity index is 2.13. The van der Waals surface area contributed by atoms with E-state index < -0.39 is 0 Å². The van der Waals surface area contributed by atoms with Crippen molar-refractivity contribution < 1.29 is 5.11 Å². The predicted octanol–water partition coefficient (Wildman–Crippen LogP) is 2.32. The van der Waals surface area contributed by atoms with E-state index in [4.69, 9.17) is 5.11 Å². The van der Waals surface area contributed by atoms with Crippen molar-refractivity contribution in [2.75, 3.05) is 20.2 Å². The van der Waals surface area contributed by atoms with Crippen molar-refractivity contribution in [3.05, 3.63) is 35.9 Å². The third-order valence-corrected chi connectivity index (χ3v) is 3.09. The first-order valence-corrected chi connectivity index (χ1v) is 6.09. The van der Waals surface area contributed by atoms with Crippen LogP contribution < -0.4 is 0 Å². The molecule has 0 saturated carbocycles.